The van der Waals surface area contributed by atoms with Crippen molar-refractivity contribution in [2.24, 2.45) is 0 Å². The number of aryl methyl sites for hydroxylation is 1. The molecule has 0 saturated carbocycles. The van der Waals surface area contributed by atoms with Crippen LogP contribution in [-0.4, -0.2) is 16.7 Å². The second-order valence-corrected chi connectivity index (χ2v) is 8.20. The number of ketones is 1. The Hall–Kier alpha value is -3.63. The van der Waals surface area contributed by atoms with Gasteiger partial charge >= 0.3 is 0 Å². The Kier molecular flexibility index (Phi) is 4.72. The molecular formula is C26H19ClN2O2. The van der Waals surface area contributed by atoms with Crippen LogP contribution in [0, 0.1) is 6.92 Å². The Morgan fingerprint density at radius 1 is 1.03 bits per heavy atom. The molecule has 1 aliphatic heterocycles. The fraction of sp³-hybridized carbons (Fsp3) is 0.0769. The third-order valence-electron chi connectivity index (χ3n) is 5.54. The third-order valence-corrected chi connectivity index (χ3v) is 5.79. The average molecular weight is 427 g/mol. The molecule has 1 aliphatic rings. The van der Waals surface area contributed by atoms with E-state index >= 15 is 0 Å². The van der Waals surface area contributed by atoms with E-state index in [1.54, 1.807) is 36.4 Å². The second-order valence-electron chi connectivity index (χ2n) is 7.76. The lowest BCUT2D eigenvalue weighted by Crippen LogP contribution is -2.12. The van der Waals surface area contributed by atoms with Crippen LogP contribution < -0.4 is 5.32 Å². The molecule has 4 aromatic rings. The first-order valence-electron chi connectivity index (χ1n) is 10.0. The molecular weight excluding hydrogens is 408 g/mol. The molecule has 2 N–H and O–H groups in total. The van der Waals surface area contributed by atoms with Crippen molar-refractivity contribution in [1.29, 1.82) is 0 Å². The first-order chi connectivity index (χ1) is 15.0. The Labute approximate surface area is 184 Å². The van der Waals surface area contributed by atoms with Crippen LogP contribution in [0.2, 0.25) is 5.02 Å². The number of benzene rings is 3. The van der Waals surface area contributed by atoms with E-state index in [1.165, 1.54) is 0 Å². The smallest absolute Gasteiger partial charge is 0.228 e. The van der Waals surface area contributed by atoms with E-state index in [-0.39, 0.29) is 11.7 Å². The summed E-state index contributed by atoms with van der Waals surface area (Å²) in [5.41, 5.74) is 7.21. The maximum atomic E-state index is 12.5. The quantitative estimate of drug-likeness (QED) is 0.303. The number of hydrogen-bond donors (Lipinski definition) is 2. The summed E-state index contributed by atoms with van der Waals surface area (Å²) in [5, 5.41) is 4.66. The molecule has 5 rings (SSSR count). The lowest BCUT2D eigenvalue weighted by atomic mass is 10.00. The maximum absolute atomic E-state index is 12.5. The highest BCUT2D eigenvalue weighted by Crippen LogP contribution is 2.38. The Balaban J connectivity index is 1.56. The van der Waals surface area contributed by atoms with Gasteiger partial charge in [0, 0.05) is 27.1 Å². The number of aromatic amines is 1. The Morgan fingerprint density at radius 2 is 1.84 bits per heavy atom. The largest absolute Gasteiger partial charge is 0.354 e. The number of aromatic nitrogens is 1. The first-order valence-corrected chi connectivity index (χ1v) is 10.4. The molecule has 31 heavy (non-hydrogen) atoms. The van der Waals surface area contributed by atoms with Crippen LogP contribution in [-0.2, 0) is 11.2 Å². The summed E-state index contributed by atoms with van der Waals surface area (Å²) in [6.45, 7) is 2.05. The van der Waals surface area contributed by atoms with Crippen LogP contribution in [0.4, 0.5) is 5.69 Å². The number of rotatable bonds is 3. The van der Waals surface area contributed by atoms with Crippen LogP contribution in [0.15, 0.2) is 66.7 Å². The Bertz CT molecular complexity index is 1380. The monoisotopic (exact) mass is 426 g/mol. The molecule has 0 bridgehead atoms. The lowest BCUT2D eigenvalue weighted by Gasteiger charge is -2.08. The van der Waals surface area contributed by atoms with Gasteiger partial charge in [-0.05, 0) is 72.7 Å². The summed E-state index contributed by atoms with van der Waals surface area (Å²) >= 11 is 5.90. The van der Waals surface area contributed by atoms with E-state index in [0.29, 0.717) is 17.0 Å². The first kappa shape index (κ1) is 19.3. The summed E-state index contributed by atoms with van der Waals surface area (Å²) in [6, 6.07) is 18.8. The van der Waals surface area contributed by atoms with E-state index in [9.17, 15) is 9.59 Å². The summed E-state index contributed by atoms with van der Waals surface area (Å²) in [4.78, 5) is 28.5. The predicted molar refractivity (Wildman–Crippen MR) is 126 cm³/mol. The summed E-state index contributed by atoms with van der Waals surface area (Å²) < 4.78 is 0. The number of amides is 1. The fourth-order valence-electron chi connectivity index (χ4n) is 3.99. The number of anilines is 1. The zero-order valence-electron chi connectivity index (χ0n) is 16.8. The molecule has 5 heteroatoms. The summed E-state index contributed by atoms with van der Waals surface area (Å²) in [5.74, 6) is -0.134. The van der Waals surface area contributed by atoms with Gasteiger partial charge in [0.1, 0.15) is 0 Å². The second kappa shape index (κ2) is 7.56. The van der Waals surface area contributed by atoms with Gasteiger partial charge in [-0.3, -0.25) is 9.59 Å². The van der Waals surface area contributed by atoms with Crippen molar-refractivity contribution in [1.82, 2.24) is 4.98 Å². The summed E-state index contributed by atoms with van der Waals surface area (Å²) in [7, 11) is 0. The minimum Gasteiger partial charge on any atom is -0.354 e. The van der Waals surface area contributed by atoms with Crippen molar-refractivity contribution in [2.45, 2.75) is 13.3 Å². The maximum Gasteiger partial charge on any atom is 0.228 e. The van der Waals surface area contributed by atoms with Crippen molar-refractivity contribution in [3.8, 4) is 11.3 Å². The molecule has 0 fully saturated rings. The molecule has 152 valence electrons. The molecule has 0 radical (unpaired) electrons. The van der Waals surface area contributed by atoms with Gasteiger partial charge in [-0.25, -0.2) is 0 Å². The SMILES string of the molecule is Cc1ccc2[nH]c3c(c2c1)CC(=O)Nc1ccc(/C=C/C(=O)c2ccc(Cl)cc2)cc1-3. The van der Waals surface area contributed by atoms with Gasteiger partial charge in [0.05, 0.1) is 17.8 Å². The van der Waals surface area contributed by atoms with E-state index < -0.39 is 0 Å². The standard InChI is InChI=1S/C26H19ClN2O2/c1-15-2-9-22-19(12-15)20-14-25(31)28-23-10-3-16(13-21(23)26(20)29-22)4-11-24(30)17-5-7-18(27)8-6-17/h2-13,29H,14H2,1H3,(H,28,31)/b11-4+. The van der Waals surface area contributed by atoms with Crippen molar-refractivity contribution >= 4 is 46.0 Å². The van der Waals surface area contributed by atoms with Gasteiger partial charge in [-0.1, -0.05) is 35.4 Å². The van der Waals surface area contributed by atoms with E-state index in [1.807, 2.05) is 31.2 Å². The number of H-pyrrole nitrogens is 1. The van der Waals surface area contributed by atoms with Crippen molar-refractivity contribution in [2.75, 3.05) is 5.32 Å². The zero-order chi connectivity index (χ0) is 21.5. The molecule has 1 amide bonds. The number of halogens is 1. The third kappa shape index (κ3) is 3.66. The van der Waals surface area contributed by atoms with Gasteiger partial charge in [0.2, 0.25) is 5.91 Å². The van der Waals surface area contributed by atoms with Gasteiger partial charge in [0.15, 0.2) is 5.78 Å². The molecule has 2 heterocycles. The minimum atomic E-state index is -0.0957. The van der Waals surface area contributed by atoms with E-state index in [4.69, 9.17) is 11.6 Å². The van der Waals surface area contributed by atoms with Crippen LogP contribution in [0.1, 0.15) is 27.0 Å². The van der Waals surface area contributed by atoms with Crippen LogP contribution in [0.5, 0.6) is 0 Å². The highest BCUT2D eigenvalue weighted by molar-refractivity contribution is 6.30. The number of allylic oxidation sites excluding steroid dienone is 1. The molecule has 0 spiro atoms. The van der Waals surface area contributed by atoms with Crippen LogP contribution in [0.3, 0.4) is 0 Å². The molecule has 0 aliphatic carbocycles. The van der Waals surface area contributed by atoms with E-state index in [0.717, 1.165) is 44.5 Å². The molecule has 4 nitrogen and oxygen atoms in total. The lowest BCUT2D eigenvalue weighted by molar-refractivity contribution is -0.115. The predicted octanol–water partition coefficient (Wildman–Crippen LogP) is 6.19. The average Bonchev–Trinajstić information content (AvgIpc) is 3.03. The fourth-order valence-corrected chi connectivity index (χ4v) is 4.12. The van der Waals surface area contributed by atoms with Crippen LogP contribution in [0.25, 0.3) is 28.2 Å². The molecule has 0 atom stereocenters. The van der Waals surface area contributed by atoms with E-state index in [2.05, 4.69) is 22.4 Å². The van der Waals surface area contributed by atoms with Crippen LogP contribution >= 0.6 is 11.6 Å². The number of hydrogen-bond acceptors (Lipinski definition) is 2. The van der Waals surface area contributed by atoms with Gasteiger partial charge in [-0.2, -0.15) is 0 Å². The highest BCUT2D eigenvalue weighted by Gasteiger charge is 2.23. The molecule has 0 saturated heterocycles. The molecule has 1 aromatic heterocycles. The zero-order valence-corrected chi connectivity index (χ0v) is 17.6. The van der Waals surface area contributed by atoms with Gasteiger partial charge < -0.3 is 10.3 Å². The number of carbonyl (C=O) groups is 2. The van der Waals surface area contributed by atoms with Crippen molar-refractivity contribution in [3.05, 3.63) is 94.0 Å². The number of fused-ring (bicyclic) bond motifs is 5. The van der Waals surface area contributed by atoms with Gasteiger partial charge in [-0.15, -0.1) is 0 Å². The number of carbonyl (C=O) groups excluding carboxylic acids is 2. The normalized spacial score (nSPS) is 13.0. The van der Waals surface area contributed by atoms with Crippen molar-refractivity contribution in [3.63, 3.8) is 0 Å². The van der Waals surface area contributed by atoms with Crippen molar-refractivity contribution < 1.29 is 9.59 Å². The minimum absolute atomic E-state index is 0.0383. The van der Waals surface area contributed by atoms with Gasteiger partial charge in [0.25, 0.3) is 0 Å². The molecule has 3 aromatic carbocycles. The number of nitrogens with one attached hydrogen (secondary N) is 2. The highest BCUT2D eigenvalue weighted by atomic mass is 35.5. The topological polar surface area (TPSA) is 62.0 Å². The Morgan fingerprint density at radius 3 is 2.65 bits per heavy atom. The molecule has 0 unspecified atom stereocenters. The summed E-state index contributed by atoms with van der Waals surface area (Å²) in [6.07, 6.45) is 3.65.